The number of hydrogen-bond acceptors (Lipinski definition) is 3. The summed E-state index contributed by atoms with van der Waals surface area (Å²) < 4.78 is 5.67. The fraction of sp³-hybridized carbons (Fsp3) is 0.250. The number of benzene rings is 2. The van der Waals surface area contributed by atoms with Crippen LogP contribution in [0.5, 0.6) is 5.75 Å². The molecule has 144 valence electrons. The minimum Gasteiger partial charge on any atom is -0.484 e. The number of allylic oxidation sites excluding steroid dienone is 2. The molecule has 0 aromatic heterocycles. The Hall–Kier alpha value is -3.14. The van der Waals surface area contributed by atoms with Crippen LogP contribution in [0.1, 0.15) is 25.0 Å². The molecular weight excluding hydrogens is 348 g/mol. The lowest BCUT2D eigenvalue weighted by Crippen LogP contribution is -2.41. The minimum atomic E-state index is -0.0644. The van der Waals surface area contributed by atoms with Gasteiger partial charge >= 0.3 is 0 Å². The first-order chi connectivity index (χ1) is 13.4. The summed E-state index contributed by atoms with van der Waals surface area (Å²) in [5.74, 6) is 0.631. The van der Waals surface area contributed by atoms with Gasteiger partial charge in [-0.2, -0.15) is 0 Å². The zero-order valence-corrected chi connectivity index (χ0v) is 16.7. The van der Waals surface area contributed by atoms with Gasteiger partial charge in [0.1, 0.15) is 5.75 Å². The second-order valence-corrected chi connectivity index (χ2v) is 7.20. The van der Waals surface area contributed by atoms with Gasteiger partial charge in [-0.25, -0.2) is 0 Å². The number of ether oxygens (including phenoxy) is 1. The highest BCUT2D eigenvalue weighted by molar-refractivity contribution is 6.16. The van der Waals surface area contributed by atoms with Gasteiger partial charge < -0.3 is 9.64 Å². The molecular formula is C24H26N2O2. The number of amides is 1. The fourth-order valence-electron chi connectivity index (χ4n) is 3.04. The smallest absolute Gasteiger partial charge is 0.261 e. The summed E-state index contributed by atoms with van der Waals surface area (Å²) in [4.78, 5) is 19.2. The monoisotopic (exact) mass is 374 g/mol. The summed E-state index contributed by atoms with van der Waals surface area (Å²) in [5.41, 5.74) is 4.75. The molecule has 0 saturated carbocycles. The van der Waals surface area contributed by atoms with Crippen molar-refractivity contribution in [2.45, 2.75) is 26.8 Å². The summed E-state index contributed by atoms with van der Waals surface area (Å²) in [6.45, 7) is 10.6. The van der Waals surface area contributed by atoms with Crippen LogP contribution in [0, 0.1) is 6.92 Å². The van der Waals surface area contributed by atoms with Crippen molar-refractivity contribution in [3.8, 4) is 5.75 Å². The third-order valence-corrected chi connectivity index (χ3v) is 4.61. The Kier molecular flexibility index (Phi) is 6.09. The van der Waals surface area contributed by atoms with Gasteiger partial charge in [-0.05, 0) is 44.6 Å². The van der Waals surface area contributed by atoms with Crippen LogP contribution in [0.2, 0.25) is 0 Å². The van der Waals surface area contributed by atoms with E-state index in [-0.39, 0.29) is 18.6 Å². The van der Waals surface area contributed by atoms with E-state index in [1.165, 1.54) is 0 Å². The van der Waals surface area contributed by atoms with E-state index >= 15 is 0 Å². The maximum absolute atomic E-state index is 12.7. The van der Waals surface area contributed by atoms with Crippen LogP contribution < -0.4 is 4.74 Å². The van der Waals surface area contributed by atoms with Crippen molar-refractivity contribution in [1.82, 2.24) is 4.90 Å². The standard InChI is InChI=1S/C24H26N2O2/c1-17(2)26(23(27)16-28-22-12-10-18(3)11-13-22)15-21-14-19(4)24(25-21)20-8-6-5-7-9-20/h5-14,17H,4,15-16H2,1-3H3. The molecule has 1 heterocycles. The zero-order valence-electron chi connectivity index (χ0n) is 16.7. The van der Waals surface area contributed by atoms with Gasteiger partial charge in [-0.3, -0.25) is 9.79 Å². The van der Waals surface area contributed by atoms with Crippen LogP contribution in [-0.2, 0) is 4.79 Å². The molecule has 0 unspecified atom stereocenters. The number of carbonyl (C=O) groups is 1. The summed E-state index contributed by atoms with van der Waals surface area (Å²) in [6.07, 6.45) is 1.95. The first kappa shape index (κ1) is 19.6. The number of aliphatic imine (C=N–C) groups is 1. The average Bonchev–Trinajstić information content (AvgIpc) is 3.06. The molecule has 1 amide bonds. The maximum Gasteiger partial charge on any atom is 0.261 e. The molecule has 0 spiro atoms. The molecule has 2 aromatic carbocycles. The molecule has 3 rings (SSSR count). The highest BCUT2D eigenvalue weighted by Gasteiger charge is 2.22. The molecule has 2 aromatic rings. The molecule has 28 heavy (non-hydrogen) atoms. The third-order valence-electron chi connectivity index (χ3n) is 4.61. The van der Waals surface area contributed by atoms with Crippen molar-refractivity contribution in [2.75, 3.05) is 13.2 Å². The highest BCUT2D eigenvalue weighted by atomic mass is 16.5. The van der Waals surface area contributed by atoms with E-state index in [0.717, 1.165) is 28.1 Å². The number of carbonyl (C=O) groups excluding carboxylic acids is 1. The van der Waals surface area contributed by atoms with E-state index in [1.54, 1.807) is 4.90 Å². The average molecular weight is 374 g/mol. The number of nitrogens with zero attached hydrogens (tertiary/aromatic N) is 2. The molecule has 0 saturated heterocycles. The van der Waals surface area contributed by atoms with Crippen LogP contribution in [0.15, 0.2) is 83.5 Å². The van der Waals surface area contributed by atoms with Crippen molar-refractivity contribution >= 4 is 11.6 Å². The summed E-state index contributed by atoms with van der Waals surface area (Å²) in [5, 5.41) is 0. The van der Waals surface area contributed by atoms with Gasteiger partial charge in [-0.1, -0.05) is 54.6 Å². The largest absolute Gasteiger partial charge is 0.484 e. The Bertz CT molecular complexity index is 909. The molecule has 0 atom stereocenters. The Morgan fingerprint density at radius 2 is 1.79 bits per heavy atom. The number of hydrogen-bond donors (Lipinski definition) is 0. The van der Waals surface area contributed by atoms with E-state index in [9.17, 15) is 4.79 Å². The Balaban J connectivity index is 1.66. The minimum absolute atomic E-state index is 0.00469. The van der Waals surface area contributed by atoms with Crippen LogP contribution >= 0.6 is 0 Å². The molecule has 4 heteroatoms. The van der Waals surface area contributed by atoms with Crippen LogP contribution in [-0.4, -0.2) is 35.7 Å². The van der Waals surface area contributed by atoms with Gasteiger partial charge in [0.05, 0.1) is 18.0 Å². The van der Waals surface area contributed by atoms with Gasteiger partial charge in [0.2, 0.25) is 0 Å². The van der Waals surface area contributed by atoms with E-state index < -0.39 is 0 Å². The Morgan fingerprint density at radius 3 is 2.43 bits per heavy atom. The van der Waals surface area contributed by atoms with Gasteiger partial charge in [0.25, 0.3) is 5.91 Å². The van der Waals surface area contributed by atoms with Crippen molar-refractivity contribution in [3.63, 3.8) is 0 Å². The summed E-state index contributed by atoms with van der Waals surface area (Å²) >= 11 is 0. The Morgan fingerprint density at radius 1 is 1.11 bits per heavy atom. The first-order valence-corrected chi connectivity index (χ1v) is 9.47. The predicted octanol–water partition coefficient (Wildman–Crippen LogP) is 4.55. The first-order valence-electron chi connectivity index (χ1n) is 9.47. The van der Waals surface area contributed by atoms with E-state index in [2.05, 4.69) is 6.58 Å². The zero-order chi connectivity index (χ0) is 20.1. The molecule has 0 N–H and O–H groups in total. The molecule has 1 aliphatic heterocycles. The quantitative estimate of drug-likeness (QED) is 0.713. The normalized spacial score (nSPS) is 13.4. The predicted molar refractivity (Wildman–Crippen MR) is 114 cm³/mol. The summed E-state index contributed by atoms with van der Waals surface area (Å²) in [7, 11) is 0. The van der Waals surface area contributed by atoms with Crippen molar-refractivity contribution in [1.29, 1.82) is 0 Å². The lowest BCUT2D eigenvalue weighted by Gasteiger charge is -2.26. The summed E-state index contributed by atoms with van der Waals surface area (Å²) in [6, 6.07) is 17.7. The molecule has 0 radical (unpaired) electrons. The van der Waals surface area contributed by atoms with Gasteiger partial charge in [-0.15, -0.1) is 0 Å². The third kappa shape index (κ3) is 4.77. The number of aryl methyl sites for hydroxylation is 1. The van der Waals surface area contributed by atoms with Gasteiger partial charge in [0.15, 0.2) is 6.61 Å². The van der Waals surface area contributed by atoms with Crippen molar-refractivity contribution in [3.05, 3.63) is 89.6 Å². The SMILES string of the molecule is C=C1C=C(CN(C(=O)COc2ccc(C)cc2)C(C)C)N=C1c1ccccc1. The maximum atomic E-state index is 12.7. The molecule has 0 aliphatic carbocycles. The Labute approximate surface area is 166 Å². The van der Waals surface area contributed by atoms with Crippen molar-refractivity contribution in [2.24, 2.45) is 4.99 Å². The topological polar surface area (TPSA) is 41.9 Å². The van der Waals surface area contributed by atoms with E-state index in [0.29, 0.717) is 12.3 Å². The van der Waals surface area contributed by atoms with Crippen molar-refractivity contribution < 1.29 is 9.53 Å². The molecule has 0 fully saturated rings. The second-order valence-electron chi connectivity index (χ2n) is 7.20. The molecule has 4 nitrogen and oxygen atoms in total. The molecule has 0 bridgehead atoms. The van der Waals surface area contributed by atoms with Crippen LogP contribution in [0.25, 0.3) is 0 Å². The lowest BCUT2D eigenvalue weighted by molar-refractivity contribution is -0.134. The fourth-order valence-corrected chi connectivity index (χ4v) is 3.04. The molecule has 1 aliphatic rings. The van der Waals surface area contributed by atoms with E-state index in [4.69, 9.17) is 9.73 Å². The second kappa shape index (κ2) is 8.70. The van der Waals surface area contributed by atoms with Crippen LogP contribution in [0.4, 0.5) is 0 Å². The van der Waals surface area contributed by atoms with Gasteiger partial charge in [0, 0.05) is 11.6 Å². The van der Waals surface area contributed by atoms with Crippen LogP contribution in [0.3, 0.4) is 0 Å². The highest BCUT2D eigenvalue weighted by Crippen LogP contribution is 2.22. The lowest BCUT2D eigenvalue weighted by atomic mass is 10.1. The van der Waals surface area contributed by atoms with E-state index in [1.807, 2.05) is 81.4 Å². The number of rotatable bonds is 7.